The Balaban J connectivity index is 2.00. The van der Waals surface area contributed by atoms with Crippen molar-refractivity contribution in [1.82, 2.24) is 5.32 Å². The first-order chi connectivity index (χ1) is 10.1. The molecule has 2 rings (SSSR count). The number of ether oxygens (including phenoxy) is 1. The standard InChI is InChI=1S/C17H17FN2O/c1-12(14-5-7-16(21-2)8-6-14)20-11-15-4-3-13(10-19)9-17(15)18/h3-9,12,20H,11H2,1-2H3. The van der Waals surface area contributed by atoms with Crippen LogP contribution in [0.1, 0.15) is 29.7 Å². The lowest BCUT2D eigenvalue weighted by atomic mass is 10.1. The minimum absolute atomic E-state index is 0.0888. The number of rotatable bonds is 5. The van der Waals surface area contributed by atoms with Crippen LogP contribution in [-0.2, 0) is 6.54 Å². The molecule has 21 heavy (non-hydrogen) atoms. The predicted molar refractivity (Wildman–Crippen MR) is 79.4 cm³/mol. The number of nitrogens with zero attached hydrogens (tertiary/aromatic N) is 1. The summed E-state index contributed by atoms with van der Waals surface area (Å²) in [5.74, 6) is 0.451. The molecular weight excluding hydrogens is 267 g/mol. The Morgan fingerprint density at radius 3 is 2.52 bits per heavy atom. The van der Waals surface area contributed by atoms with Crippen molar-refractivity contribution in [3.63, 3.8) is 0 Å². The van der Waals surface area contributed by atoms with Gasteiger partial charge in [0.15, 0.2) is 0 Å². The van der Waals surface area contributed by atoms with Crippen LogP contribution in [0.4, 0.5) is 4.39 Å². The Bertz CT molecular complexity index is 647. The zero-order chi connectivity index (χ0) is 15.2. The van der Waals surface area contributed by atoms with E-state index in [-0.39, 0.29) is 11.9 Å². The van der Waals surface area contributed by atoms with E-state index in [2.05, 4.69) is 5.32 Å². The third kappa shape index (κ3) is 3.80. The lowest BCUT2D eigenvalue weighted by Gasteiger charge is -2.15. The van der Waals surface area contributed by atoms with E-state index in [9.17, 15) is 4.39 Å². The van der Waals surface area contributed by atoms with Crippen LogP contribution in [0.15, 0.2) is 42.5 Å². The third-order valence-electron chi connectivity index (χ3n) is 3.40. The largest absolute Gasteiger partial charge is 0.497 e. The van der Waals surface area contributed by atoms with Gasteiger partial charge < -0.3 is 10.1 Å². The van der Waals surface area contributed by atoms with Crippen molar-refractivity contribution in [2.24, 2.45) is 0 Å². The van der Waals surface area contributed by atoms with E-state index in [4.69, 9.17) is 10.00 Å². The smallest absolute Gasteiger partial charge is 0.129 e. The van der Waals surface area contributed by atoms with Crippen molar-refractivity contribution in [2.45, 2.75) is 19.5 Å². The van der Waals surface area contributed by atoms with Gasteiger partial charge in [-0.1, -0.05) is 18.2 Å². The molecule has 0 saturated heterocycles. The maximum absolute atomic E-state index is 13.8. The first-order valence-electron chi connectivity index (χ1n) is 6.70. The number of hydrogen-bond donors (Lipinski definition) is 1. The zero-order valence-corrected chi connectivity index (χ0v) is 12.1. The Kier molecular flexibility index (Phi) is 4.91. The van der Waals surface area contributed by atoms with Crippen LogP contribution < -0.4 is 10.1 Å². The van der Waals surface area contributed by atoms with Gasteiger partial charge in [-0.25, -0.2) is 4.39 Å². The second-order valence-corrected chi connectivity index (χ2v) is 4.79. The molecule has 0 heterocycles. The van der Waals surface area contributed by atoms with E-state index < -0.39 is 0 Å². The fraction of sp³-hybridized carbons (Fsp3) is 0.235. The molecule has 3 nitrogen and oxygen atoms in total. The lowest BCUT2D eigenvalue weighted by Crippen LogP contribution is -2.18. The van der Waals surface area contributed by atoms with Gasteiger partial charge >= 0.3 is 0 Å². The highest BCUT2D eigenvalue weighted by atomic mass is 19.1. The number of nitrogens with one attached hydrogen (secondary N) is 1. The van der Waals surface area contributed by atoms with Crippen molar-refractivity contribution in [1.29, 1.82) is 5.26 Å². The van der Waals surface area contributed by atoms with Crippen LogP contribution in [0.3, 0.4) is 0 Å². The molecule has 4 heteroatoms. The summed E-state index contributed by atoms with van der Waals surface area (Å²) in [5.41, 5.74) is 1.98. The fourth-order valence-corrected chi connectivity index (χ4v) is 2.03. The van der Waals surface area contributed by atoms with Crippen molar-refractivity contribution >= 4 is 0 Å². The average molecular weight is 284 g/mol. The summed E-state index contributed by atoms with van der Waals surface area (Å²) >= 11 is 0. The van der Waals surface area contributed by atoms with Gasteiger partial charge in [0.05, 0.1) is 18.7 Å². The normalized spacial score (nSPS) is 11.7. The van der Waals surface area contributed by atoms with Crippen LogP contribution in [0, 0.1) is 17.1 Å². The topological polar surface area (TPSA) is 45.0 Å². The van der Waals surface area contributed by atoms with Gasteiger partial charge in [0.1, 0.15) is 11.6 Å². The fourth-order valence-electron chi connectivity index (χ4n) is 2.03. The van der Waals surface area contributed by atoms with Gasteiger partial charge in [0.2, 0.25) is 0 Å². The predicted octanol–water partition coefficient (Wildman–Crippen LogP) is 3.56. The molecule has 108 valence electrons. The van der Waals surface area contributed by atoms with Crippen LogP contribution in [0.5, 0.6) is 5.75 Å². The van der Waals surface area contributed by atoms with E-state index in [1.807, 2.05) is 37.3 Å². The first kappa shape index (κ1) is 15.0. The van der Waals surface area contributed by atoms with E-state index in [0.717, 1.165) is 11.3 Å². The van der Waals surface area contributed by atoms with Gasteiger partial charge in [-0.15, -0.1) is 0 Å². The Labute approximate surface area is 124 Å². The first-order valence-corrected chi connectivity index (χ1v) is 6.70. The highest BCUT2D eigenvalue weighted by molar-refractivity contribution is 5.33. The van der Waals surface area contributed by atoms with Crippen molar-refractivity contribution in [2.75, 3.05) is 7.11 Å². The molecule has 0 fully saturated rings. The van der Waals surface area contributed by atoms with E-state index in [1.165, 1.54) is 6.07 Å². The zero-order valence-electron chi connectivity index (χ0n) is 12.1. The molecule has 0 amide bonds. The molecule has 2 aromatic rings. The number of nitriles is 1. The van der Waals surface area contributed by atoms with Gasteiger partial charge in [0.25, 0.3) is 0 Å². The van der Waals surface area contributed by atoms with Gasteiger partial charge in [-0.2, -0.15) is 5.26 Å². The van der Waals surface area contributed by atoms with E-state index in [1.54, 1.807) is 19.2 Å². The Morgan fingerprint density at radius 1 is 1.24 bits per heavy atom. The summed E-state index contributed by atoms with van der Waals surface area (Å²) in [6, 6.07) is 14.3. The molecule has 0 spiro atoms. The number of benzene rings is 2. The minimum atomic E-state index is -0.358. The SMILES string of the molecule is COc1ccc(C(C)NCc2ccc(C#N)cc2F)cc1. The Hall–Kier alpha value is -2.38. The summed E-state index contributed by atoms with van der Waals surface area (Å²) < 4.78 is 18.9. The van der Waals surface area contributed by atoms with Crippen LogP contribution >= 0.6 is 0 Å². The molecule has 0 aliphatic carbocycles. The van der Waals surface area contributed by atoms with E-state index >= 15 is 0 Å². The molecule has 0 aromatic heterocycles. The molecular formula is C17H17FN2O. The summed E-state index contributed by atoms with van der Waals surface area (Å²) in [5, 5.41) is 12.0. The van der Waals surface area contributed by atoms with Gasteiger partial charge in [-0.05, 0) is 36.8 Å². The molecule has 1 atom stereocenters. The minimum Gasteiger partial charge on any atom is -0.497 e. The number of halogens is 1. The molecule has 0 radical (unpaired) electrons. The maximum Gasteiger partial charge on any atom is 0.129 e. The lowest BCUT2D eigenvalue weighted by molar-refractivity contribution is 0.414. The third-order valence-corrected chi connectivity index (χ3v) is 3.40. The highest BCUT2D eigenvalue weighted by Crippen LogP contribution is 2.18. The van der Waals surface area contributed by atoms with Crippen LogP contribution in [0.2, 0.25) is 0 Å². The second kappa shape index (κ2) is 6.87. The second-order valence-electron chi connectivity index (χ2n) is 4.79. The molecule has 0 aliphatic rings. The van der Waals surface area contributed by atoms with Crippen molar-refractivity contribution in [3.05, 3.63) is 65.0 Å². The van der Waals surface area contributed by atoms with Gasteiger partial charge in [-0.3, -0.25) is 0 Å². The quantitative estimate of drug-likeness (QED) is 0.913. The molecule has 1 N–H and O–H groups in total. The number of hydrogen-bond acceptors (Lipinski definition) is 3. The average Bonchev–Trinajstić information content (AvgIpc) is 2.53. The molecule has 1 unspecified atom stereocenters. The van der Waals surface area contributed by atoms with Crippen LogP contribution in [-0.4, -0.2) is 7.11 Å². The van der Waals surface area contributed by atoms with E-state index in [0.29, 0.717) is 17.7 Å². The monoisotopic (exact) mass is 284 g/mol. The molecule has 0 aliphatic heterocycles. The highest BCUT2D eigenvalue weighted by Gasteiger charge is 2.08. The summed E-state index contributed by atoms with van der Waals surface area (Å²) in [6.07, 6.45) is 0. The molecule has 0 bridgehead atoms. The molecule has 0 saturated carbocycles. The van der Waals surface area contributed by atoms with Crippen molar-refractivity contribution < 1.29 is 9.13 Å². The van der Waals surface area contributed by atoms with Crippen LogP contribution in [0.25, 0.3) is 0 Å². The summed E-state index contributed by atoms with van der Waals surface area (Å²) in [4.78, 5) is 0. The Morgan fingerprint density at radius 2 is 1.95 bits per heavy atom. The summed E-state index contributed by atoms with van der Waals surface area (Å²) in [7, 11) is 1.63. The van der Waals surface area contributed by atoms with Crippen molar-refractivity contribution in [3.8, 4) is 11.8 Å². The molecule has 2 aromatic carbocycles. The number of methoxy groups -OCH3 is 1. The maximum atomic E-state index is 13.8. The van der Waals surface area contributed by atoms with Gasteiger partial charge in [0, 0.05) is 18.2 Å². The summed E-state index contributed by atoms with van der Waals surface area (Å²) in [6.45, 7) is 2.42.